The second kappa shape index (κ2) is 6.02. The Balaban J connectivity index is 1.91. The zero-order valence-electron chi connectivity index (χ0n) is 14.9. The van der Waals surface area contributed by atoms with Gasteiger partial charge in [-0.05, 0) is 38.3 Å². The number of carboxylic acids is 1. The molecular formula is C19H23N3O4. The number of ether oxygens (including phenoxy) is 1. The molecule has 26 heavy (non-hydrogen) atoms. The molecule has 1 saturated heterocycles. The van der Waals surface area contributed by atoms with Crippen LogP contribution in [0.2, 0.25) is 0 Å². The molecule has 4 rings (SSSR count). The fraction of sp³-hybridized carbons (Fsp3) is 0.474. The van der Waals surface area contributed by atoms with E-state index < -0.39 is 11.4 Å². The molecule has 0 saturated carbocycles. The molecule has 138 valence electrons. The van der Waals surface area contributed by atoms with Crippen LogP contribution >= 0.6 is 0 Å². The molecule has 1 aromatic heterocycles. The highest BCUT2D eigenvalue weighted by Gasteiger charge is 2.31. The maximum Gasteiger partial charge on any atom is 0.341 e. The number of rotatable bonds is 3. The number of aromatic carboxylic acids is 1. The number of nitrogens with two attached hydrogens (primary N) is 1. The first-order chi connectivity index (χ1) is 12.4. The molecule has 1 aromatic carbocycles. The van der Waals surface area contributed by atoms with Gasteiger partial charge in [-0.1, -0.05) is 0 Å². The third-order valence-electron chi connectivity index (χ3n) is 5.61. The molecule has 2 aromatic rings. The Morgan fingerprint density at radius 3 is 2.85 bits per heavy atom. The van der Waals surface area contributed by atoms with Crippen molar-refractivity contribution >= 4 is 22.6 Å². The SMILES string of the molecule is C[C@H](N)[C@@H]1CCN(c2ccc3c(=O)c(C(=O)O)cn4c3c2OC[C@@H]4C)C1. The summed E-state index contributed by atoms with van der Waals surface area (Å²) < 4.78 is 7.89. The van der Waals surface area contributed by atoms with Crippen molar-refractivity contribution in [3.8, 4) is 5.75 Å². The van der Waals surface area contributed by atoms with E-state index >= 15 is 0 Å². The Hall–Kier alpha value is -2.54. The van der Waals surface area contributed by atoms with Crippen LogP contribution in [0.15, 0.2) is 23.1 Å². The first-order valence-corrected chi connectivity index (χ1v) is 8.97. The number of hydrogen-bond acceptors (Lipinski definition) is 5. The molecule has 1 fully saturated rings. The van der Waals surface area contributed by atoms with Gasteiger partial charge < -0.3 is 25.0 Å². The summed E-state index contributed by atoms with van der Waals surface area (Å²) in [5.41, 5.74) is 7.01. The summed E-state index contributed by atoms with van der Waals surface area (Å²) in [5, 5.41) is 9.75. The summed E-state index contributed by atoms with van der Waals surface area (Å²) in [5.74, 6) is -0.110. The summed E-state index contributed by atoms with van der Waals surface area (Å²) >= 11 is 0. The van der Waals surface area contributed by atoms with Gasteiger partial charge in [-0.2, -0.15) is 0 Å². The lowest BCUT2D eigenvalue weighted by Crippen LogP contribution is -2.31. The van der Waals surface area contributed by atoms with Crippen LogP contribution in [0.25, 0.3) is 10.9 Å². The molecule has 3 heterocycles. The Labute approximate surface area is 151 Å². The Morgan fingerprint density at radius 2 is 2.19 bits per heavy atom. The fourth-order valence-corrected chi connectivity index (χ4v) is 4.02. The minimum Gasteiger partial charge on any atom is -0.487 e. The number of benzene rings is 1. The van der Waals surface area contributed by atoms with Gasteiger partial charge in [-0.15, -0.1) is 0 Å². The van der Waals surface area contributed by atoms with E-state index in [1.54, 1.807) is 6.07 Å². The fourth-order valence-electron chi connectivity index (χ4n) is 4.02. The second-order valence-corrected chi connectivity index (χ2v) is 7.41. The third-order valence-corrected chi connectivity index (χ3v) is 5.61. The van der Waals surface area contributed by atoms with Crippen LogP contribution in [0.4, 0.5) is 5.69 Å². The van der Waals surface area contributed by atoms with Crippen LogP contribution in [-0.4, -0.2) is 41.4 Å². The highest BCUT2D eigenvalue weighted by Crippen LogP contribution is 2.41. The van der Waals surface area contributed by atoms with Crippen LogP contribution in [0.3, 0.4) is 0 Å². The van der Waals surface area contributed by atoms with E-state index in [4.69, 9.17) is 10.5 Å². The van der Waals surface area contributed by atoms with Crippen molar-refractivity contribution in [1.29, 1.82) is 0 Å². The van der Waals surface area contributed by atoms with E-state index in [9.17, 15) is 14.7 Å². The van der Waals surface area contributed by atoms with Crippen molar-refractivity contribution in [2.45, 2.75) is 32.4 Å². The molecule has 7 heteroatoms. The minimum atomic E-state index is -1.20. The van der Waals surface area contributed by atoms with Gasteiger partial charge >= 0.3 is 5.97 Å². The highest BCUT2D eigenvalue weighted by molar-refractivity contribution is 5.97. The number of hydrogen-bond donors (Lipinski definition) is 2. The van der Waals surface area contributed by atoms with Crippen molar-refractivity contribution in [2.24, 2.45) is 11.7 Å². The first kappa shape index (κ1) is 16.9. The van der Waals surface area contributed by atoms with E-state index in [0.717, 1.165) is 25.2 Å². The molecule has 0 amide bonds. The second-order valence-electron chi connectivity index (χ2n) is 7.41. The largest absolute Gasteiger partial charge is 0.487 e. The molecule has 2 aliphatic heterocycles. The van der Waals surface area contributed by atoms with Gasteiger partial charge in [0.2, 0.25) is 5.43 Å². The van der Waals surface area contributed by atoms with Crippen molar-refractivity contribution in [3.63, 3.8) is 0 Å². The van der Waals surface area contributed by atoms with Gasteiger partial charge in [0.25, 0.3) is 0 Å². The number of carbonyl (C=O) groups is 1. The molecule has 2 aliphatic rings. The van der Waals surface area contributed by atoms with Crippen LogP contribution in [-0.2, 0) is 0 Å². The van der Waals surface area contributed by atoms with Gasteiger partial charge in [0.05, 0.1) is 22.6 Å². The Morgan fingerprint density at radius 1 is 1.42 bits per heavy atom. The number of aromatic nitrogens is 1. The van der Waals surface area contributed by atoms with Crippen molar-refractivity contribution in [2.75, 3.05) is 24.6 Å². The molecule has 0 aliphatic carbocycles. The lowest BCUT2D eigenvalue weighted by molar-refractivity contribution is 0.0694. The molecule has 3 N–H and O–H groups in total. The predicted molar refractivity (Wildman–Crippen MR) is 99.3 cm³/mol. The van der Waals surface area contributed by atoms with E-state index in [2.05, 4.69) is 4.90 Å². The molecule has 0 radical (unpaired) electrons. The van der Waals surface area contributed by atoms with Crippen molar-refractivity contribution in [1.82, 2.24) is 4.57 Å². The zero-order valence-corrected chi connectivity index (χ0v) is 14.9. The molecule has 7 nitrogen and oxygen atoms in total. The van der Waals surface area contributed by atoms with Crippen molar-refractivity contribution in [3.05, 3.63) is 34.1 Å². The monoisotopic (exact) mass is 357 g/mol. The van der Waals surface area contributed by atoms with Gasteiger partial charge in [0.15, 0.2) is 5.75 Å². The summed E-state index contributed by atoms with van der Waals surface area (Å²) in [4.78, 5) is 26.3. The van der Waals surface area contributed by atoms with Crippen molar-refractivity contribution < 1.29 is 14.6 Å². The standard InChI is InChI=1S/C19H23N3O4/c1-10-9-26-18-15(21-6-5-12(7-21)11(2)20)4-3-13-16(18)22(10)8-14(17(13)23)19(24)25/h3-4,8,10-12H,5-7,9,20H2,1-2H3,(H,24,25)/t10-,11-,12+/m0/s1. The lowest BCUT2D eigenvalue weighted by atomic mass is 10.0. The summed E-state index contributed by atoms with van der Waals surface area (Å²) in [6.07, 6.45) is 2.47. The Bertz CT molecular complexity index is 950. The van der Waals surface area contributed by atoms with Crippen LogP contribution in [0.1, 0.15) is 36.7 Å². The predicted octanol–water partition coefficient (Wildman–Crippen LogP) is 1.83. The van der Waals surface area contributed by atoms with E-state index in [0.29, 0.717) is 29.2 Å². The van der Waals surface area contributed by atoms with Gasteiger partial charge in [0.1, 0.15) is 12.2 Å². The molecular weight excluding hydrogens is 334 g/mol. The summed E-state index contributed by atoms with van der Waals surface area (Å²) in [6, 6.07) is 3.68. The number of carboxylic acid groups (broad SMARTS) is 1. The van der Waals surface area contributed by atoms with E-state index in [1.165, 1.54) is 6.20 Å². The van der Waals surface area contributed by atoms with Crippen LogP contribution in [0, 0.1) is 5.92 Å². The summed E-state index contributed by atoms with van der Waals surface area (Å²) in [6.45, 7) is 6.16. The van der Waals surface area contributed by atoms with Crippen LogP contribution < -0.4 is 20.8 Å². The van der Waals surface area contributed by atoms with Gasteiger partial charge in [-0.25, -0.2) is 4.79 Å². The number of pyridine rings is 1. The first-order valence-electron chi connectivity index (χ1n) is 8.97. The molecule has 3 atom stereocenters. The molecule has 0 unspecified atom stereocenters. The quantitative estimate of drug-likeness (QED) is 0.870. The number of anilines is 1. The lowest BCUT2D eigenvalue weighted by Gasteiger charge is -2.31. The average Bonchev–Trinajstić information content (AvgIpc) is 3.09. The smallest absolute Gasteiger partial charge is 0.341 e. The topological polar surface area (TPSA) is 97.8 Å². The van der Waals surface area contributed by atoms with Crippen LogP contribution in [0.5, 0.6) is 5.75 Å². The Kier molecular flexibility index (Phi) is 3.91. The maximum absolute atomic E-state index is 12.6. The zero-order chi connectivity index (χ0) is 18.6. The highest BCUT2D eigenvalue weighted by atomic mass is 16.5. The van der Waals surface area contributed by atoms with Gasteiger partial charge in [-0.3, -0.25) is 4.79 Å². The van der Waals surface area contributed by atoms with E-state index in [1.807, 2.05) is 24.5 Å². The van der Waals surface area contributed by atoms with Gasteiger partial charge in [0, 0.05) is 25.3 Å². The molecule has 0 bridgehead atoms. The summed E-state index contributed by atoms with van der Waals surface area (Å²) in [7, 11) is 0. The number of nitrogens with zero attached hydrogens (tertiary/aromatic N) is 2. The molecule has 0 spiro atoms. The maximum atomic E-state index is 12.6. The third kappa shape index (κ3) is 2.46. The van der Waals surface area contributed by atoms with E-state index in [-0.39, 0.29) is 17.6 Å². The average molecular weight is 357 g/mol. The normalized spacial score (nSPS) is 23.1. The minimum absolute atomic E-state index is 0.0469.